The smallest absolute Gasteiger partial charge is 0.214 e. The molecule has 0 aromatic heterocycles. The number of rotatable bonds is 5. The first-order chi connectivity index (χ1) is 7.02. The third-order valence-electron chi connectivity index (χ3n) is 2.42. The fourth-order valence-electron chi connectivity index (χ4n) is 1.55. The van der Waals surface area contributed by atoms with E-state index >= 15 is 0 Å². The molecule has 2 N–H and O–H groups in total. The Bertz CT molecular complexity index is 310. The van der Waals surface area contributed by atoms with Crippen LogP contribution in [0, 0.1) is 0 Å². The van der Waals surface area contributed by atoms with Gasteiger partial charge in [-0.15, -0.1) is 0 Å². The Balaban J connectivity index is 2.40. The van der Waals surface area contributed by atoms with E-state index in [-0.39, 0.29) is 11.8 Å². The molecule has 90 valence electrons. The van der Waals surface area contributed by atoms with Crippen molar-refractivity contribution in [1.82, 2.24) is 10.0 Å². The SMILES string of the molecule is CS(=O)CCNS(=O)(=O)C1CCNCC1. The van der Waals surface area contributed by atoms with Crippen molar-refractivity contribution in [2.75, 3.05) is 31.6 Å². The van der Waals surface area contributed by atoms with E-state index in [2.05, 4.69) is 10.0 Å². The van der Waals surface area contributed by atoms with Crippen molar-refractivity contribution in [3.63, 3.8) is 0 Å². The predicted octanol–water partition coefficient (Wildman–Crippen LogP) is -0.964. The van der Waals surface area contributed by atoms with Gasteiger partial charge in [0.2, 0.25) is 10.0 Å². The van der Waals surface area contributed by atoms with Crippen molar-refractivity contribution in [1.29, 1.82) is 0 Å². The number of hydrogen-bond donors (Lipinski definition) is 2. The minimum Gasteiger partial charge on any atom is -0.317 e. The van der Waals surface area contributed by atoms with Crippen LogP contribution in [0.5, 0.6) is 0 Å². The summed E-state index contributed by atoms with van der Waals surface area (Å²) in [5.74, 6) is 0.379. The van der Waals surface area contributed by atoms with Gasteiger partial charge in [0.15, 0.2) is 0 Å². The summed E-state index contributed by atoms with van der Waals surface area (Å²) < 4.78 is 36.7. The lowest BCUT2D eigenvalue weighted by Crippen LogP contribution is -2.42. The quantitative estimate of drug-likeness (QED) is 0.662. The Kier molecular flexibility index (Phi) is 5.17. The van der Waals surface area contributed by atoms with Crippen LogP contribution in [0.4, 0.5) is 0 Å². The maximum Gasteiger partial charge on any atom is 0.214 e. The van der Waals surface area contributed by atoms with Gasteiger partial charge in [-0.05, 0) is 25.9 Å². The maximum atomic E-state index is 11.7. The van der Waals surface area contributed by atoms with Gasteiger partial charge in [0.1, 0.15) is 0 Å². The zero-order chi connectivity index (χ0) is 11.3. The van der Waals surface area contributed by atoms with Crippen LogP contribution in [0.15, 0.2) is 0 Å². The fraction of sp³-hybridized carbons (Fsp3) is 1.00. The lowest BCUT2D eigenvalue weighted by Gasteiger charge is -2.22. The zero-order valence-electron chi connectivity index (χ0n) is 8.86. The first-order valence-electron chi connectivity index (χ1n) is 5.01. The molecule has 1 rings (SSSR count). The minimum atomic E-state index is -3.20. The molecule has 0 spiro atoms. The summed E-state index contributed by atoms with van der Waals surface area (Å²) in [6, 6.07) is 0. The molecular formula is C8H18N2O3S2. The second-order valence-corrected chi connectivity index (χ2v) is 7.27. The molecular weight excluding hydrogens is 236 g/mol. The monoisotopic (exact) mass is 254 g/mol. The van der Waals surface area contributed by atoms with Gasteiger partial charge in [0.25, 0.3) is 0 Å². The molecule has 7 heteroatoms. The Morgan fingerprint density at radius 2 is 2.00 bits per heavy atom. The molecule has 1 atom stereocenters. The van der Waals surface area contributed by atoms with Crippen LogP contribution in [0.2, 0.25) is 0 Å². The molecule has 1 saturated heterocycles. The molecule has 1 unspecified atom stereocenters. The van der Waals surface area contributed by atoms with Crippen LogP contribution in [0.3, 0.4) is 0 Å². The standard InChI is InChI=1S/C8H18N2O3S2/c1-14(11)7-6-10-15(12,13)8-2-4-9-5-3-8/h8-10H,2-7H2,1H3. The lowest BCUT2D eigenvalue weighted by atomic mass is 10.2. The highest BCUT2D eigenvalue weighted by Crippen LogP contribution is 2.11. The fourth-order valence-corrected chi connectivity index (χ4v) is 3.55. The number of nitrogens with one attached hydrogen (secondary N) is 2. The molecule has 0 saturated carbocycles. The van der Waals surface area contributed by atoms with E-state index in [0.29, 0.717) is 18.6 Å². The molecule has 1 fully saturated rings. The van der Waals surface area contributed by atoms with E-state index in [1.54, 1.807) is 6.26 Å². The number of sulfonamides is 1. The van der Waals surface area contributed by atoms with Crippen molar-refractivity contribution in [2.45, 2.75) is 18.1 Å². The van der Waals surface area contributed by atoms with Gasteiger partial charge in [-0.25, -0.2) is 13.1 Å². The van der Waals surface area contributed by atoms with Crippen LogP contribution < -0.4 is 10.0 Å². The second-order valence-electron chi connectivity index (χ2n) is 3.67. The van der Waals surface area contributed by atoms with E-state index in [1.165, 1.54) is 0 Å². The normalized spacial score (nSPS) is 21.4. The highest BCUT2D eigenvalue weighted by Gasteiger charge is 2.26. The van der Waals surface area contributed by atoms with Crippen molar-refractivity contribution in [2.24, 2.45) is 0 Å². The molecule has 0 bridgehead atoms. The van der Waals surface area contributed by atoms with Crippen molar-refractivity contribution >= 4 is 20.8 Å². The third-order valence-corrected chi connectivity index (χ3v) is 5.15. The first-order valence-corrected chi connectivity index (χ1v) is 8.29. The van der Waals surface area contributed by atoms with Crippen molar-refractivity contribution < 1.29 is 12.6 Å². The van der Waals surface area contributed by atoms with Crippen LogP contribution in [0.1, 0.15) is 12.8 Å². The van der Waals surface area contributed by atoms with Gasteiger partial charge in [-0.2, -0.15) is 0 Å². The van der Waals surface area contributed by atoms with E-state index in [0.717, 1.165) is 13.1 Å². The Morgan fingerprint density at radius 3 is 2.53 bits per heavy atom. The van der Waals surface area contributed by atoms with E-state index in [9.17, 15) is 12.6 Å². The Hall–Kier alpha value is 0.0200. The minimum absolute atomic E-state index is 0.273. The largest absolute Gasteiger partial charge is 0.317 e. The highest BCUT2D eigenvalue weighted by molar-refractivity contribution is 7.90. The van der Waals surface area contributed by atoms with E-state index in [1.807, 2.05) is 0 Å². The van der Waals surface area contributed by atoms with Crippen molar-refractivity contribution in [3.05, 3.63) is 0 Å². The number of piperidine rings is 1. The first kappa shape index (κ1) is 13.1. The van der Waals surface area contributed by atoms with E-state index < -0.39 is 20.8 Å². The molecule has 5 nitrogen and oxygen atoms in total. The molecule has 1 aliphatic heterocycles. The second kappa shape index (κ2) is 5.93. The summed E-state index contributed by atoms with van der Waals surface area (Å²) in [4.78, 5) is 0. The summed E-state index contributed by atoms with van der Waals surface area (Å²) in [5, 5.41) is 2.83. The van der Waals surface area contributed by atoms with E-state index in [4.69, 9.17) is 0 Å². The summed E-state index contributed by atoms with van der Waals surface area (Å²) in [6.07, 6.45) is 2.88. The van der Waals surface area contributed by atoms with Gasteiger partial charge in [0.05, 0.1) is 5.25 Å². The highest BCUT2D eigenvalue weighted by atomic mass is 32.2. The molecule has 0 aromatic carbocycles. The molecule has 1 aliphatic rings. The van der Waals surface area contributed by atoms with Crippen LogP contribution in [0.25, 0.3) is 0 Å². The summed E-state index contributed by atoms with van der Waals surface area (Å²) in [6.45, 7) is 1.78. The van der Waals surface area contributed by atoms with Gasteiger partial charge in [0, 0.05) is 29.4 Å². The lowest BCUT2D eigenvalue weighted by molar-refractivity contribution is 0.490. The molecule has 0 aliphatic carbocycles. The maximum absolute atomic E-state index is 11.7. The van der Waals surface area contributed by atoms with Gasteiger partial charge < -0.3 is 5.32 Å². The summed E-state index contributed by atoms with van der Waals surface area (Å²) >= 11 is 0. The average molecular weight is 254 g/mol. The molecule has 15 heavy (non-hydrogen) atoms. The Labute approximate surface area is 93.5 Å². The van der Waals surface area contributed by atoms with Crippen LogP contribution >= 0.6 is 0 Å². The molecule has 1 heterocycles. The van der Waals surface area contributed by atoms with Gasteiger partial charge in [-0.3, -0.25) is 4.21 Å². The molecule has 0 aromatic rings. The predicted molar refractivity (Wildman–Crippen MR) is 61.7 cm³/mol. The number of hydrogen-bond acceptors (Lipinski definition) is 4. The van der Waals surface area contributed by atoms with Gasteiger partial charge >= 0.3 is 0 Å². The average Bonchev–Trinajstić information content (AvgIpc) is 2.18. The Morgan fingerprint density at radius 1 is 1.40 bits per heavy atom. The van der Waals surface area contributed by atoms with Crippen molar-refractivity contribution in [3.8, 4) is 0 Å². The zero-order valence-corrected chi connectivity index (χ0v) is 10.5. The van der Waals surface area contributed by atoms with Gasteiger partial charge in [-0.1, -0.05) is 0 Å². The summed E-state index contributed by atoms with van der Waals surface area (Å²) in [5.41, 5.74) is 0. The molecule has 0 amide bonds. The topological polar surface area (TPSA) is 75.3 Å². The van der Waals surface area contributed by atoms with Crippen LogP contribution in [-0.2, 0) is 20.8 Å². The molecule has 0 radical (unpaired) electrons. The van der Waals surface area contributed by atoms with Crippen LogP contribution in [-0.4, -0.2) is 49.5 Å². The summed E-state index contributed by atoms with van der Waals surface area (Å²) in [7, 11) is -4.15. The third kappa shape index (κ3) is 4.58.